The Morgan fingerprint density at radius 2 is 1.88 bits per heavy atom. The number of halogens is 1. The average molecular weight is 343 g/mol. The number of hydrogen-bond acceptors (Lipinski definition) is 3. The Morgan fingerprint density at radius 1 is 1.12 bits per heavy atom. The minimum absolute atomic E-state index is 0.0839. The normalized spacial score (nSPS) is 24.0. The van der Waals surface area contributed by atoms with Crippen LogP contribution >= 0.6 is 11.6 Å². The molecule has 1 fully saturated rings. The van der Waals surface area contributed by atoms with Gasteiger partial charge in [0.2, 0.25) is 0 Å². The summed E-state index contributed by atoms with van der Waals surface area (Å²) in [6.45, 7) is -0.0839. The zero-order valence-corrected chi connectivity index (χ0v) is 14.1. The van der Waals surface area contributed by atoms with Gasteiger partial charge in [-0.05, 0) is 29.2 Å². The van der Waals surface area contributed by atoms with Crippen molar-refractivity contribution < 1.29 is 14.9 Å². The van der Waals surface area contributed by atoms with E-state index in [1.807, 2.05) is 42.5 Å². The molecule has 1 saturated heterocycles. The molecule has 1 aliphatic rings. The average Bonchev–Trinajstić information content (AvgIpc) is 2.58. The third kappa shape index (κ3) is 4.20. The quantitative estimate of drug-likeness (QED) is 0.838. The standard InChI is InChI=1S/C19H20BClO3/c20-15-4-1-12(2-5-15)7-14-8-13(3-6-18(14)21)19-10-16(23)9-17(11-22)24-19/h1-6,8,16-17,19,22-23H,7,9-11H2/t16-,17-,19+/m0/s1. The molecule has 3 nitrogen and oxygen atoms in total. The summed E-state index contributed by atoms with van der Waals surface area (Å²) in [5.74, 6) is 0. The van der Waals surface area contributed by atoms with E-state index in [1.54, 1.807) is 0 Å². The van der Waals surface area contributed by atoms with Crippen molar-refractivity contribution in [3.8, 4) is 0 Å². The number of hydrogen-bond donors (Lipinski definition) is 2. The highest BCUT2D eigenvalue weighted by molar-refractivity contribution is 6.32. The first-order valence-corrected chi connectivity index (χ1v) is 8.50. The summed E-state index contributed by atoms with van der Waals surface area (Å²) >= 11 is 6.35. The Kier molecular flexibility index (Phi) is 5.62. The largest absolute Gasteiger partial charge is 0.394 e. The Hall–Kier alpha value is -1.33. The van der Waals surface area contributed by atoms with Gasteiger partial charge in [0.1, 0.15) is 7.85 Å². The first-order chi connectivity index (χ1) is 11.5. The highest BCUT2D eigenvalue weighted by Crippen LogP contribution is 2.33. The zero-order chi connectivity index (χ0) is 17.1. The second-order valence-electron chi connectivity index (χ2n) is 6.32. The molecule has 0 aliphatic carbocycles. The fraction of sp³-hybridized carbons (Fsp3) is 0.368. The third-order valence-corrected chi connectivity index (χ3v) is 4.77. The van der Waals surface area contributed by atoms with Crippen molar-refractivity contribution in [3.05, 3.63) is 64.2 Å². The fourth-order valence-electron chi connectivity index (χ4n) is 3.11. The molecule has 2 aromatic rings. The van der Waals surface area contributed by atoms with Crippen LogP contribution in [-0.2, 0) is 11.2 Å². The number of benzene rings is 2. The van der Waals surface area contributed by atoms with Crippen molar-refractivity contribution in [2.75, 3.05) is 6.61 Å². The van der Waals surface area contributed by atoms with Crippen LogP contribution in [0.4, 0.5) is 0 Å². The molecule has 0 saturated carbocycles. The lowest BCUT2D eigenvalue weighted by Gasteiger charge is -2.32. The second-order valence-corrected chi connectivity index (χ2v) is 6.73. The number of ether oxygens (including phenoxy) is 1. The summed E-state index contributed by atoms with van der Waals surface area (Å²) in [6, 6.07) is 13.5. The molecule has 1 heterocycles. The van der Waals surface area contributed by atoms with Gasteiger partial charge in [-0.15, -0.1) is 0 Å². The molecule has 5 heteroatoms. The minimum Gasteiger partial charge on any atom is -0.394 e. The predicted octanol–water partition coefficient (Wildman–Crippen LogP) is 2.30. The molecule has 0 bridgehead atoms. The van der Waals surface area contributed by atoms with E-state index < -0.39 is 6.10 Å². The van der Waals surface area contributed by atoms with E-state index in [0.29, 0.717) is 24.3 Å². The van der Waals surface area contributed by atoms with Gasteiger partial charge in [0.05, 0.1) is 24.9 Å². The summed E-state index contributed by atoms with van der Waals surface area (Å²) in [7, 11) is 5.72. The van der Waals surface area contributed by atoms with E-state index in [4.69, 9.17) is 24.2 Å². The van der Waals surface area contributed by atoms with Gasteiger partial charge in [0.25, 0.3) is 0 Å². The van der Waals surface area contributed by atoms with Gasteiger partial charge in [-0.1, -0.05) is 53.5 Å². The van der Waals surface area contributed by atoms with Crippen LogP contribution in [0.1, 0.15) is 35.6 Å². The molecule has 0 amide bonds. The van der Waals surface area contributed by atoms with Gasteiger partial charge >= 0.3 is 0 Å². The van der Waals surface area contributed by atoms with Gasteiger partial charge in [0.15, 0.2) is 0 Å². The van der Waals surface area contributed by atoms with Crippen molar-refractivity contribution in [2.24, 2.45) is 0 Å². The first kappa shape index (κ1) is 17.5. The van der Waals surface area contributed by atoms with Crippen molar-refractivity contribution in [1.29, 1.82) is 0 Å². The molecule has 0 unspecified atom stereocenters. The molecule has 124 valence electrons. The second kappa shape index (κ2) is 7.71. The smallest absolute Gasteiger partial charge is 0.113 e. The molecule has 0 aromatic heterocycles. The van der Waals surface area contributed by atoms with Crippen LogP contribution in [0, 0.1) is 0 Å². The Morgan fingerprint density at radius 3 is 2.58 bits per heavy atom. The number of rotatable bonds is 4. The van der Waals surface area contributed by atoms with Gasteiger partial charge in [-0.25, -0.2) is 0 Å². The third-order valence-electron chi connectivity index (χ3n) is 4.40. The molecule has 3 rings (SSSR count). The Labute approximate surface area is 148 Å². The van der Waals surface area contributed by atoms with Gasteiger partial charge in [-0.2, -0.15) is 0 Å². The summed E-state index contributed by atoms with van der Waals surface area (Å²) in [6.07, 6.45) is 0.685. The van der Waals surface area contributed by atoms with E-state index in [1.165, 1.54) is 0 Å². The molecule has 0 spiro atoms. The lowest BCUT2D eigenvalue weighted by Crippen LogP contribution is -2.33. The van der Waals surface area contributed by atoms with Crippen molar-refractivity contribution in [3.63, 3.8) is 0 Å². The van der Waals surface area contributed by atoms with Crippen molar-refractivity contribution in [1.82, 2.24) is 0 Å². The van der Waals surface area contributed by atoms with Gasteiger partial charge < -0.3 is 14.9 Å². The maximum absolute atomic E-state index is 10.00. The maximum Gasteiger partial charge on any atom is 0.113 e. The molecule has 2 N–H and O–H groups in total. The van der Waals surface area contributed by atoms with E-state index in [-0.39, 0.29) is 18.8 Å². The van der Waals surface area contributed by atoms with Crippen LogP contribution in [-0.4, -0.2) is 36.9 Å². The molecular formula is C19H20BClO3. The van der Waals surface area contributed by atoms with Crippen LogP contribution in [0.25, 0.3) is 0 Å². The molecule has 1 aliphatic heterocycles. The highest BCUT2D eigenvalue weighted by Gasteiger charge is 2.29. The maximum atomic E-state index is 10.00. The molecule has 24 heavy (non-hydrogen) atoms. The topological polar surface area (TPSA) is 49.7 Å². The fourth-order valence-corrected chi connectivity index (χ4v) is 3.29. The van der Waals surface area contributed by atoms with E-state index in [2.05, 4.69) is 0 Å². The Bertz CT molecular complexity index is 690. The van der Waals surface area contributed by atoms with Crippen LogP contribution in [0.15, 0.2) is 42.5 Å². The van der Waals surface area contributed by atoms with Gasteiger partial charge in [0, 0.05) is 17.9 Å². The summed E-state index contributed by atoms with van der Waals surface area (Å²) in [5, 5.41) is 20.0. The van der Waals surface area contributed by atoms with Crippen LogP contribution in [0.2, 0.25) is 5.02 Å². The van der Waals surface area contributed by atoms with Crippen molar-refractivity contribution in [2.45, 2.75) is 37.6 Å². The summed E-state index contributed by atoms with van der Waals surface area (Å²) in [5.41, 5.74) is 3.84. The predicted molar refractivity (Wildman–Crippen MR) is 96.0 cm³/mol. The molecular weight excluding hydrogens is 322 g/mol. The van der Waals surface area contributed by atoms with E-state index >= 15 is 0 Å². The van der Waals surface area contributed by atoms with Crippen LogP contribution < -0.4 is 5.46 Å². The molecule has 3 atom stereocenters. The Balaban J connectivity index is 1.81. The first-order valence-electron chi connectivity index (χ1n) is 8.12. The van der Waals surface area contributed by atoms with E-state index in [9.17, 15) is 10.2 Å². The van der Waals surface area contributed by atoms with Crippen LogP contribution in [0.5, 0.6) is 0 Å². The van der Waals surface area contributed by atoms with Crippen LogP contribution in [0.3, 0.4) is 0 Å². The highest BCUT2D eigenvalue weighted by atomic mass is 35.5. The lowest BCUT2D eigenvalue weighted by atomic mass is 9.92. The van der Waals surface area contributed by atoms with E-state index in [0.717, 1.165) is 22.2 Å². The number of aliphatic hydroxyl groups is 2. The van der Waals surface area contributed by atoms with Gasteiger partial charge in [-0.3, -0.25) is 0 Å². The monoisotopic (exact) mass is 342 g/mol. The SMILES string of the molecule is [B]c1ccc(Cc2cc([C@H]3C[C@@H](O)C[C@@H](CO)O3)ccc2Cl)cc1. The minimum atomic E-state index is -0.461. The molecule has 2 aromatic carbocycles. The molecule has 2 radical (unpaired) electrons. The summed E-state index contributed by atoms with van der Waals surface area (Å²) in [4.78, 5) is 0. The lowest BCUT2D eigenvalue weighted by molar-refractivity contribution is -0.113. The van der Waals surface area contributed by atoms with Crippen molar-refractivity contribution >= 4 is 24.9 Å². The zero-order valence-electron chi connectivity index (χ0n) is 13.4. The number of aliphatic hydroxyl groups excluding tert-OH is 2. The summed E-state index contributed by atoms with van der Waals surface area (Å²) < 4.78 is 5.88.